The van der Waals surface area contributed by atoms with E-state index in [-0.39, 0.29) is 18.9 Å². The molecular formula is C15H19N3O4. The van der Waals surface area contributed by atoms with Crippen LogP contribution in [0.15, 0.2) is 29.0 Å². The molecule has 1 aromatic carbocycles. The topological polar surface area (TPSA) is 93.5 Å². The number of carbonyl (C=O) groups excluding carboxylic acids is 2. The highest BCUT2D eigenvalue weighted by Gasteiger charge is 2.16. The van der Waals surface area contributed by atoms with E-state index < -0.39 is 11.7 Å². The van der Waals surface area contributed by atoms with Crippen molar-refractivity contribution in [2.24, 2.45) is 0 Å². The van der Waals surface area contributed by atoms with Crippen LogP contribution < -0.4 is 10.6 Å². The van der Waals surface area contributed by atoms with E-state index in [4.69, 9.17) is 9.15 Å². The van der Waals surface area contributed by atoms with Gasteiger partial charge in [-0.25, -0.2) is 9.78 Å². The number of fused-ring (bicyclic) bond motifs is 1. The average molecular weight is 305 g/mol. The van der Waals surface area contributed by atoms with Crippen LogP contribution in [-0.4, -0.2) is 29.1 Å². The first-order valence-corrected chi connectivity index (χ1v) is 6.94. The molecule has 0 spiro atoms. The predicted molar refractivity (Wildman–Crippen MR) is 81.5 cm³/mol. The van der Waals surface area contributed by atoms with Gasteiger partial charge in [-0.2, -0.15) is 0 Å². The van der Waals surface area contributed by atoms with Crippen molar-refractivity contribution in [1.82, 2.24) is 10.3 Å². The second-order valence-corrected chi connectivity index (χ2v) is 5.73. The van der Waals surface area contributed by atoms with Crippen molar-refractivity contribution in [3.63, 3.8) is 0 Å². The van der Waals surface area contributed by atoms with Crippen molar-refractivity contribution in [3.8, 4) is 0 Å². The van der Waals surface area contributed by atoms with Crippen LogP contribution >= 0.6 is 0 Å². The Kier molecular flexibility index (Phi) is 4.65. The third-order valence-corrected chi connectivity index (χ3v) is 2.65. The number of aromatic nitrogens is 1. The Labute approximate surface area is 128 Å². The number of hydrogen-bond acceptors (Lipinski definition) is 5. The standard InChI is InChI=1S/C15H19N3O4/c1-15(2,3)22-14(20)16-8-7-12(19)18-10-5-4-6-11-13(10)17-9-21-11/h4-6,9H,7-8H2,1-3H3,(H,16,20)(H,18,19). The summed E-state index contributed by atoms with van der Waals surface area (Å²) in [6.07, 6.45) is 0.914. The number of nitrogens with one attached hydrogen (secondary N) is 2. The zero-order valence-corrected chi connectivity index (χ0v) is 12.8. The fourth-order valence-corrected chi connectivity index (χ4v) is 1.79. The SMILES string of the molecule is CC(C)(C)OC(=O)NCCC(=O)Nc1cccc2ocnc12. The molecule has 0 fully saturated rings. The van der Waals surface area contributed by atoms with Crippen LogP contribution in [0.2, 0.25) is 0 Å². The highest BCUT2D eigenvalue weighted by molar-refractivity contribution is 5.98. The molecule has 0 aliphatic carbocycles. The fourth-order valence-electron chi connectivity index (χ4n) is 1.79. The summed E-state index contributed by atoms with van der Waals surface area (Å²) in [5.41, 5.74) is 1.21. The molecule has 2 aromatic rings. The van der Waals surface area contributed by atoms with Crippen LogP contribution in [0.5, 0.6) is 0 Å². The lowest BCUT2D eigenvalue weighted by Crippen LogP contribution is -2.34. The summed E-state index contributed by atoms with van der Waals surface area (Å²) in [6.45, 7) is 5.52. The summed E-state index contributed by atoms with van der Waals surface area (Å²) in [7, 11) is 0. The van der Waals surface area contributed by atoms with Gasteiger partial charge in [-0.3, -0.25) is 4.79 Å². The van der Waals surface area contributed by atoms with E-state index in [1.807, 2.05) is 0 Å². The number of amides is 2. The smallest absolute Gasteiger partial charge is 0.407 e. The monoisotopic (exact) mass is 305 g/mol. The van der Waals surface area contributed by atoms with Crippen LogP contribution in [0.25, 0.3) is 11.1 Å². The molecule has 0 bridgehead atoms. The molecule has 0 saturated carbocycles. The minimum Gasteiger partial charge on any atom is -0.444 e. The molecule has 7 nitrogen and oxygen atoms in total. The average Bonchev–Trinajstić information content (AvgIpc) is 2.85. The summed E-state index contributed by atoms with van der Waals surface area (Å²) in [5, 5.41) is 5.27. The number of carbonyl (C=O) groups is 2. The summed E-state index contributed by atoms with van der Waals surface area (Å²) in [6, 6.07) is 5.27. The molecule has 2 amide bonds. The minimum absolute atomic E-state index is 0.132. The van der Waals surface area contributed by atoms with Crippen molar-refractivity contribution in [2.45, 2.75) is 32.8 Å². The number of alkyl carbamates (subject to hydrolysis) is 1. The predicted octanol–water partition coefficient (Wildman–Crippen LogP) is 2.68. The van der Waals surface area contributed by atoms with Gasteiger partial charge in [-0.05, 0) is 32.9 Å². The van der Waals surface area contributed by atoms with Gasteiger partial charge in [-0.15, -0.1) is 0 Å². The largest absolute Gasteiger partial charge is 0.444 e. The van der Waals surface area contributed by atoms with Crippen LogP contribution in [-0.2, 0) is 9.53 Å². The Morgan fingerprint density at radius 3 is 2.82 bits per heavy atom. The first-order chi connectivity index (χ1) is 10.3. The first kappa shape index (κ1) is 15.8. The Morgan fingerprint density at radius 2 is 2.09 bits per heavy atom. The van der Waals surface area contributed by atoms with Gasteiger partial charge in [0.2, 0.25) is 5.91 Å². The molecule has 0 aliphatic heterocycles. The van der Waals surface area contributed by atoms with Crippen molar-refractivity contribution in [3.05, 3.63) is 24.6 Å². The lowest BCUT2D eigenvalue weighted by molar-refractivity contribution is -0.116. The van der Waals surface area contributed by atoms with Crippen LogP contribution in [0.1, 0.15) is 27.2 Å². The Hall–Kier alpha value is -2.57. The van der Waals surface area contributed by atoms with Crippen LogP contribution in [0.3, 0.4) is 0 Å². The maximum absolute atomic E-state index is 11.9. The number of oxazole rings is 1. The number of benzene rings is 1. The zero-order valence-electron chi connectivity index (χ0n) is 12.8. The molecule has 1 aromatic heterocycles. The van der Waals surface area contributed by atoms with E-state index in [9.17, 15) is 9.59 Å². The van der Waals surface area contributed by atoms with E-state index in [0.29, 0.717) is 16.8 Å². The number of para-hydroxylation sites is 1. The molecule has 2 N–H and O–H groups in total. The molecule has 7 heteroatoms. The van der Waals surface area contributed by atoms with Gasteiger partial charge in [0.25, 0.3) is 0 Å². The third kappa shape index (κ3) is 4.47. The van der Waals surface area contributed by atoms with Gasteiger partial charge in [-0.1, -0.05) is 6.07 Å². The summed E-state index contributed by atoms with van der Waals surface area (Å²) in [4.78, 5) is 27.4. The maximum atomic E-state index is 11.9. The van der Waals surface area contributed by atoms with Gasteiger partial charge in [0.15, 0.2) is 12.0 Å². The van der Waals surface area contributed by atoms with E-state index in [1.54, 1.807) is 39.0 Å². The number of hydrogen-bond donors (Lipinski definition) is 2. The van der Waals surface area contributed by atoms with Crippen LogP contribution in [0.4, 0.5) is 10.5 Å². The Morgan fingerprint density at radius 1 is 1.32 bits per heavy atom. The minimum atomic E-state index is -0.561. The van der Waals surface area contributed by atoms with Gasteiger partial charge < -0.3 is 19.8 Å². The third-order valence-electron chi connectivity index (χ3n) is 2.65. The van der Waals surface area contributed by atoms with E-state index >= 15 is 0 Å². The van der Waals surface area contributed by atoms with Gasteiger partial charge in [0, 0.05) is 13.0 Å². The molecule has 118 valence electrons. The van der Waals surface area contributed by atoms with Gasteiger partial charge >= 0.3 is 6.09 Å². The number of rotatable bonds is 4. The number of ether oxygens (including phenoxy) is 1. The second-order valence-electron chi connectivity index (χ2n) is 5.73. The van der Waals surface area contributed by atoms with Crippen molar-refractivity contribution in [2.75, 3.05) is 11.9 Å². The number of anilines is 1. The summed E-state index contributed by atoms with van der Waals surface area (Å²) < 4.78 is 10.2. The van der Waals surface area contributed by atoms with Gasteiger partial charge in [0.05, 0.1) is 5.69 Å². The first-order valence-electron chi connectivity index (χ1n) is 6.94. The van der Waals surface area contributed by atoms with E-state index in [0.717, 1.165) is 0 Å². The lowest BCUT2D eigenvalue weighted by Gasteiger charge is -2.19. The normalized spacial score (nSPS) is 11.2. The molecular weight excluding hydrogens is 286 g/mol. The van der Waals surface area contributed by atoms with Crippen molar-refractivity contribution >= 4 is 28.8 Å². The molecule has 0 saturated heterocycles. The van der Waals surface area contributed by atoms with Crippen molar-refractivity contribution < 1.29 is 18.7 Å². The molecule has 0 unspecified atom stereocenters. The van der Waals surface area contributed by atoms with E-state index in [2.05, 4.69) is 15.6 Å². The molecule has 0 atom stereocenters. The maximum Gasteiger partial charge on any atom is 0.407 e. The molecule has 2 rings (SSSR count). The lowest BCUT2D eigenvalue weighted by atomic mass is 10.2. The Balaban J connectivity index is 1.81. The quantitative estimate of drug-likeness (QED) is 0.905. The summed E-state index contributed by atoms with van der Waals surface area (Å²) >= 11 is 0. The summed E-state index contributed by atoms with van der Waals surface area (Å²) in [5.74, 6) is -0.230. The fraction of sp³-hybridized carbons (Fsp3) is 0.400. The molecule has 1 heterocycles. The van der Waals surface area contributed by atoms with E-state index in [1.165, 1.54) is 6.39 Å². The number of nitrogens with zero attached hydrogens (tertiary/aromatic N) is 1. The highest BCUT2D eigenvalue weighted by atomic mass is 16.6. The molecule has 0 aliphatic rings. The van der Waals surface area contributed by atoms with Crippen LogP contribution in [0, 0.1) is 0 Å². The van der Waals surface area contributed by atoms with Gasteiger partial charge in [0.1, 0.15) is 11.1 Å². The molecule has 22 heavy (non-hydrogen) atoms. The second kappa shape index (κ2) is 6.46. The Bertz CT molecular complexity index is 673. The molecule has 0 radical (unpaired) electrons. The highest BCUT2D eigenvalue weighted by Crippen LogP contribution is 2.21. The zero-order chi connectivity index (χ0) is 16.2. The van der Waals surface area contributed by atoms with Crippen molar-refractivity contribution in [1.29, 1.82) is 0 Å².